The van der Waals surface area contributed by atoms with Crippen LogP contribution >= 0.6 is 0 Å². The summed E-state index contributed by atoms with van der Waals surface area (Å²) in [7, 11) is 0. The normalized spacial score (nSPS) is 12.3. The molecule has 0 saturated carbocycles. The zero-order valence-electron chi connectivity index (χ0n) is 11.6. The number of carboxylic acids is 1. The third-order valence-electron chi connectivity index (χ3n) is 2.76. The highest BCUT2D eigenvalue weighted by Crippen LogP contribution is 2.33. The van der Waals surface area contributed by atoms with Gasteiger partial charge in [-0.2, -0.15) is 13.2 Å². The van der Waals surface area contributed by atoms with E-state index in [-0.39, 0.29) is 5.41 Å². The van der Waals surface area contributed by atoms with Gasteiger partial charge < -0.3 is 10.4 Å². The van der Waals surface area contributed by atoms with Crippen LogP contribution in [0.1, 0.15) is 43.1 Å². The summed E-state index contributed by atoms with van der Waals surface area (Å²) in [5.74, 6) is -1.59. The van der Waals surface area contributed by atoms with E-state index in [1.165, 1.54) is 6.07 Å². The fourth-order valence-corrected chi connectivity index (χ4v) is 1.66. The molecule has 20 heavy (non-hydrogen) atoms. The van der Waals surface area contributed by atoms with E-state index < -0.39 is 23.3 Å². The van der Waals surface area contributed by atoms with Gasteiger partial charge in [0.25, 0.3) is 0 Å². The van der Waals surface area contributed by atoms with Crippen molar-refractivity contribution in [2.24, 2.45) is 5.41 Å². The van der Waals surface area contributed by atoms with Crippen molar-refractivity contribution in [3.05, 3.63) is 29.3 Å². The third kappa shape index (κ3) is 4.75. The van der Waals surface area contributed by atoms with Crippen LogP contribution < -0.4 is 5.32 Å². The minimum Gasteiger partial charge on any atom is -0.478 e. The van der Waals surface area contributed by atoms with Crippen LogP contribution in [-0.2, 0) is 6.18 Å². The van der Waals surface area contributed by atoms with Gasteiger partial charge in [0.2, 0.25) is 0 Å². The molecule has 6 heteroatoms. The van der Waals surface area contributed by atoms with Crippen molar-refractivity contribution in [3.8, 4) is 0 Å². The first kappa shape index (κ1) is 16.3. The summed E-state index contributed by atoms with van der Waals surface area (Å²) in [5.41, 5.74) is -1.40. The first-order chi connectivity index (χ1) is 9.00. The number of nitrogens with one attached hydrogen (secondary N) is 1. The van der Waals surface area contributed by atoms with Gasteiger partial charge in [0, 0.05) is 12.2 Å². The van der Waals surface area contributed by atoms with Gasteiger partial charge in [0.05, 0.1) is 11.1 Å². The number of carboxylic acid groups (broad SMARTS) is 1. The first-order valence-corrected chi connectivity index (χ1v) is 6.19. The summed E-state index contributed by atoms with van der Waals surface area (Å²) in [6, 6.07) is 3.06. The Bertz CT molecular complexity index is 490. The third-order valence-corrected chi connectivity index (χ3v) is 2.76. The highest BCUT2D eigenvalue weighted by Gasteiger charge is 2.35. The van der Waals surface area contributed by atoms with Crippen LogP contribution in [0, 0.1) is 5.41 Å². The van der Waals surface area contributed by atoms with E-state index in [9.17, 15) is 18.0 Å². The molecule has 0 spiro atoms. The van der Waals surface area contributed by atoms with Crippen LogP contribution in [0.4, 0.5) is 18.9 Å². The molecule has 0 heterocycles. The molecule has 0 saturated heterocycles. The minimum atomic E-state index is -4.67. The fraction of sp³-hybridized carbons (Fsp3) is 0.500. The van der Waals surface area contributed by atoms with Crippen molar-refractivity contribution < 1.29 is 23.1 Å². The lowest BCUT2D eigenvalue weighted by Crippen LogP contribution is -2.15. The number of rotatable bonds is 4. The number of hydrogen-bond donors (Lipinski definition) is 2. The average molecular weight is 289 g/mol. The van der Waals surface area contributed by atoms with Crippen molar-refractivity contribution in [1.82, 2.24) is 0 Å². The molecule has 112 valence electrons. The van der Waals surface area contributed by atoms with E-state index in [0.29, 0.717) is 12.2 Å². The number of halogens is 3. The minimum absolute atomic E-state index is 0.0918. The van der Waals surface area contributed by atoms with Gasteiger partial charge in [0.1, 0.15) is 0 Å². The van der Waals surface area contributed by atoms with Crippen molar-refractivity contribution >= 4 is 11.7 Å². The second-order valence-electron chi connectivity index (χ2n) is 5.80. The van der Waals surface area contributed by atoms with Crippen LogP contribution in [0.5, 0.6) is 0 Å². The lowest BCUT2D eigenvalue weighted by Gasteiger charge is -2.19. The highest BCUT2D eigenvalue weighted by atomic mass is 19.4. The van der Waals surface area contributed by atoms with Crippen molar-refractivity contribution in [2.75, 3.05) is 11.9 Å². The van der Waals surface area contributed by atoms with Gasteiger partial charge in [-0.05, 0) is 30.0 Å². The number of benzene rings is 1. The molecule has 2 N–H and O–H groups in total. The number of carbonyl (C=O) groups is 1. The molecular weight excluding hydrogens is 271 g/mol. The molecule has 1 aromatic carbocycles. The van der Waals surface area contributed by atoms with Crippen molar-refractivity contribution in [1.29, 1.82) is 0 Å². The Morgan fingerprint density at radius 3 is 2.30 bits per heavy atom. The molecule has 0 bridgehead atoms. The maximum atomic E-state index is 12.7. The Morgan fingerprint density at radius 1 is 1.25 bits per heavy atom. The second kappa shape index (κ2) is 5.73. The molecule has 0 aliphatic heterocycles. The summed E-state index contributed by atoms with van der Waals surface area (Å²) >= 11 is 0. The summed E-state index contributed by atoms with van der Waals surface area (Å²) in [5, 5.41) is 11.8. The van der Waals surface area contributed by atoms with E-state index >= 15 is 0 Å². The van der Waals surface area contributed by atoms with E-state index in [4.69, 9.17) is 5.11 Å². The molecule has 0 fully saturated rings. The average Bonchev–Trinajstić information content (AvgIpc) is 2.25. The van der Waals surface area contributed by atoms with Gasteiger partial charge in [-0.3, -0.25) is 0 Å². The van der Waals surface area contributed by atoms with Crippen LogP contribution in [0.2, 0.25) is 0 Å². The van der Waals surface area contributed by atoms with Gasteiger partial charge in [-0.15, -0.1) is 0 Å². The van der Waals surface area contributed by atoms with Crippen LogP contribution in [0.25, 0.3) is 0 Å². The van der Waals surface area contributed by atoms with Gasteiger partial charge in [-0.1, -0.05) is 20.8 Å². The summed E-state index contributed by atoms with van der Waals surface area (Å²) < 4.78 is 38.0. The van der Waals surface area contributed by atoms with Crippen LogP contribution in [0.15, 0.2) is 18.2 Å². The van der Waals surface area contributed by atoms with E-state index in [1.807, 2.05) is 20.8 Å². The first-order valence-electron chi connectivity index (χ1n) is 6.19. The van der Waals surface area contributed by atoms with Crippen LogP contribution in [-0.4, -0.2) is 17.6 Å². The zero-order valence-corrected chi connectivity index (χ0v) is 11.6. The van der Waals surface area contributed by atoms with E-state index in [1.54, 1.807) is 0 Å². The summed E-state index contributed by atoms with van der Waals surface area (Å²) in [4.78, 5) is 10.9. The number of aromatic carboxylic acids is 1. The summed E-state index contributed by atoms with van der Waals surface area (Å²) in [6.45, 7) is 6.70. The zero-order chi connectivity index (χ0) is 15.6. The topological polar surface area (TPSA) is 49.3 Å². The Labute approximate surface area is 115 Å². The number of alkyl halides is 3. The molecule has 0 atom stereocenters. The Balaban J connectivity index is 2.92. The predicted octanol–water partition coefficient (Wildman–Crippen LogP) is 4.25. The molecule has 3 nitrogen and oxygen atoms in total. The second-order valence-corrected chi connectivity index (χ2v) is 5.80. The lowest BCUT2D eigenvalue weighted by molar-refractivity contribution is -0.138. The van der Waals surface area contributed by atoms with Crippen LogP contribution in [0.3, 0.4) is 0 Å². The standard InChI is InChI=1S/C14H18F3NO2/c1-13(2,3)6-7-18-9-4-5-11(14(15,16)17)10(8-9)12(19)20/h4-5,8,18H,6-7H2,1-3H3,(H,19,20). The number of anilines is 1. The molecule has 0 radical (unpaired) electrons. The Morgan fingerprint density at radius 2 is 1.85 bits per heavy atom. The highest BCUT2D eigenvalue weighted by molar-refractivity contribution is 5.91. The fourth-order valence-electron chi connectivity index (χ4n) is 1.66. The van der Waals surface area contributed by atoms with E-state index in [0.717, 1.165) is 18.6 Å². The molecule has 0 aromatic heterocycles. The number of hydrogen-bond acceptors (Lipinski definition) is 2. The van der Waals surface area contributed by atoms with Crippen molar-refractivity contribution in [3.63, 3.8) is 0 Å². The smallest absolute Gasteiger partial charge is 0.417 e. The maximum absolute atomic E-state index is 12.7. The van der Waals surface area contributed by atoms with Gasteiger partial charge >= 0.3 is 12.1 Å². The predicted molar refractivity (Wildman–Crippen MR) is 71.0 cm³/mol. The quantitative estimate of drug-likeness (QED) is 0.871. The Kier molecular flexibility index (Phi) is 4.68. The maximum Gasteiger partial charge on any atom is 0.417 e. The molecule has 0 unspecified atom stereocenters. The molecule has 0 aliphatic rings. The Hall–Kier alpha value is -1.72. The largest absolute Gasteiger partial charge is 0.478 e. The van der Waals surface area contributed by atoms with Gasteiger partial charge in [-0.25, -0.2) is 4.79 Å². The van der Waals surface area contributed by atoms with E-state index in [2.05, 4.69) is 5.32 Å². The monoisotopic (exact) mass is 289 g/mol. The summed E-state index contributed by atoms with van der Waals surface area (Å²) in [6.07, 6.45) is -3.85. The molecule has 0 aliphatic carbocycles. The molecule has 1 aromatic rings. The molecule has 0 amide bonds. The van der Waals surface area contributed by atoms with Crippen molar-refractivity contribution in [2.45, 2.75) is 33.4 Å². The van der Waals surface area contributed by atoms with Gasteiger partial charge in [0.15, 0.2) is 0 Å². The SMILES string of the molecule is CC(C)(C)CCNc1ccc(C(F)(F)F)c(C(=O)O)c1. The molecular formula is C14H18F3NO2. The molecule has 1 rings (SSSR count). The lowest BCUT2D eigenvalue weighted by atomic mass is 9.92.